The summed E-state index contributed by atoms with van der Waals surface area (Å²) in [6.45, 7) is 1.93. The van der Waals surface area contributed by atoms with Crippen LogP contribution < -0.4 is 5.73 Å². The van der Waals surface area contributed by atoms with Gasteiger partial charge in [-0.15, -0.1) is 11.3 Å². The number of nitrogens with zero attached hydrogens (tertiary/aromatic N) is 1. The van der Waals surface area contributed by atoms with Gasteiger partial charge in [-0.3, -0.25) is 0 Å². The number of thiazole rings is 1. The van der Waals surface area contributed by atoms with Crippen LogP contribution in [0.5, 0.6) is 0 Å². The first-order valence-electron chi connectivity index (χ1n) is 5.65. The van der Waals surface area contributed by atoms with Crippen molar-refractivity contribution in [1.29, 1.82) is 0 Å². The normalized spacial score (nSPS) is 30.8. The lowest BCUT2D eigenvalue weighted by atomic mass is 9.83. The van der Waals surface area contributed by atoms with Gasteiger partial charge in [0.05, 0.1) is 18.6 Å². The summed E-state index contributed by atoms with van der Waals surface area (Å²) in [6.07, 6.45) is 0.199. The van der Waals surface area contributed by atoms with Crippen LogP contribution in [0.2, 0.25) is 0 Å². The Labute approximate surface area is 122 Å². The van der Waals surface area contributed by atoms with Gasteiger partial charge < -0.3 is 20.0 Å². The maximum atomic E-state index is 11.4. The van der Waals surface area contributed by atoms with E-state index in [1.54, 1.807) is 5.38 Å². The van der Waals surface area contributed by atoms with Crippen LogP contribution in [0.25, 0.3) is 0 Å². The Hall–Kier alpha value is -0.990. The van der Waals surface area contributed by atoms with E-state index in [2.05, 4.69) is 20.9 Å². The topological polar surface area (TPSA) is 91.5 Å². The molecule has 2 rings (SSSR count). The van der Waals surface area contributed by atoms with Gasteiger partial charge in [0.2, 0.25) is 0 Å². The van der Waals surface area contributed by atoms with Gasteiger partial charge in [-0.05, 0) is 29.3 Å². The molecule has 0 saturated carbocycles. The monoisotopic (exact) mass is 348 g/mol. The van der Waals surface area contributed by atoms with Crippen molar-refractivity contribution in [3.05, 3.63) is 15.0 Å². The van der Waals surface area contributed by atoms with E-state index in [0.29, 0.717) is 16.0 Å². The molecule has 3 atom stereocenters. The summed E-state index contributed by atoms with van der Waals surface area (Å²) < 4.78 is 11.4. The Kier molecular flexibility index (Phi) is 4.22. The zero-order chi connectivity index (χ0) is 14.0. The molecule has 1 amide bonds. The number of aldehydes is 1. The van der Waals surface area contributed by atoms with Gasteiger partial charge in [0.25, 0.3) is 0 Å². The van der Waals surface area contributed by atoms with Crippen molar-refractivity contribution in [1.82, 2.24) is 4.98 Å². The molecule has 1 fully saturated rings. The van der Waals surface area contributed by atoms with Gasteiger partial charge in [-0.2, -0.15) is 0 Å². The molecule has 0 unspecified atom stereocenters. The Morgan fingerprint density at radius 2 is 2.53 bits per heavy atom. The first-order valence-corrected chi connectivity index (χ1v) is 7.32. The summed E-state index contributed by atoms with van der Waals surface area (Å²) in [4.78, 5) is 26.8. The lowest BCUT2D eigenvalue weighted by molar-refractivity contribution is -0.161. The second-order valence-corrected chi connectivity index (χ2v) is 6.06. The highest BCUT2D eigenvalue weighted by molar-refractivity contribution is 9.10. The van der Waals surface area contributed by atoms with Crippen LogP contribution in [-0.2, 0) is 19.9 Å². The van der Waals surface area contributed by atoms with E-state index in [1.807, 2.05) is 6.92 Å². The fraction of sp³-hybridized carbons (Fsp3) is 0.545. The highest BCUT2D eigenvalue weighted by Crippen LogP contribution is 2.41. The van der Waals surface area contributed by atoms with Gasteiger partial charge >= 0.3 is 6.09 Å². The van der Waals surface area contributed by atoms with E-state index in [0.717, 1.165) is 6.29 Å². The van der Waals surface area contributed by atoms with Crippen molar-refractivity contribution in [3.8, 4) is 0 Å². The Bertz CT molecular complexity index is 495. The number of halogens is 1. The average molecular weight is 349 g/mol. The molecule has 8 heteroatoms. The number of carbonyl (C=O) groups excluding carboxylic acids is 2. The highest BCUT2D eigenvalue weighted by atomic mass is 79.9. The van der Waals surface area contributed by atoms with Crippen molar-refractivity contribution in [2.24, 2.45) is 11.7 Å². The van der Waals surface area contributed by atoms with Crippen LogP contribution in [0, 0.1) is 5.92 Å². The summed E-state index contributed by atoms with van der Waals surface area (Å²) >= 11 is 4.53. The summed E-state index contributed by atoms with van der Waals surface area (Å²) in [5.41, 5.74) is 3.91. The number of rotatable bonds is 3. The Balaban J connectivity index is 2.43. The van der Waals surface area contributed by atoms with Crippen molar-refractivity contribution >= 4 is 39.6 Å². The largest absolute Gasteiger partial charge is 0.432 e. The van der Waals surface area contributed by atoms with Crippen molar-refractivity contribution in [3.63, 3.8) is 0 Å². The predicted octanol–water partition coefficient (Wildman–Crippen LogP) is 1.82. The zero-order valence-corrected chi connectivity index (χ0v) is 12.6. The number of ether oxygens (including phenoxy) is 2. The molecule has 1 aliphatic rings. The van der Waals surface area contributed by atoms with E-state index in [4.69, 9.17) is 15.2 Å². The van der Waals surface area contributed by atoms with Gasteiger partial charge in [0.1, 0.15) is 15.9 Å². The van der Waals surface area contributed by atoms with Gasteiger partial charge in [0, 0.05) is 5.38 Å². The number of hydrogen-bond acceptors (Lipinski definition) is 6. The van der Waals surface area contributed by atoms with E-state index < -0.39 is 17.6 Å². The van der Waals surface area contributed by atoms with E-state index in [-0.39, 0.29) is 12.7 Å². The Morgan fingerprint density at radius 1 is 1.79 bits per heavy atom. The molecule has 104 valence electrons. The van der Waals surface area contributed by atoms with E-state index in [9.17, 15) is 9.59 Å². The standard InChI is InChI=1S/C11H13BrN2O4S/c1-6-2-7(3-15)11(5-17-6,18-10(13)16)9-14-8(12)4-19-9/h3-4,6-7H,2,5H2,1H3,(H2,13,16)/t6-,7-,11-/m0/s1. The molecule has 0 spiro atoms. The molecular formula is C11H13BrN2O4S. The van der Waals surface area contributed by atoms with Crippen molar-refractivity contribution in [2.75, 3.05) is 6.61 Å². The van der Waals surface area contributed by atoms with E-state index in [1.165, 1.54) is 11.3 Å². The number of carbonyl (C=O) groups is 2. The van der Waals surface area contributed by atoms with Gasteiger partial charge in [-0.25, -0.2) is 9.78 Å². The fourth-order valence-electron chi connectivity index (χ4n) is 2.15. The highest BCUT2D eigenvalue weighted by Gasteiger charge is 2.50. The summed E-state index contributed by atoms with van der Waals surface area (Å²) in [7, 11) is 0. The maximum absolute atomic E-state index is 11.4. The lowest BCUT2D eigenvalue weighted by Gasteiger charge is -2.40. The fourth-order valence-corrected chi connectivity index (χ4v) is 3.59. The summed E-state index contributed by atoms with van der Waals surface area (Å²) in [5.74, 6) is -0.526. The quantitative estimate of drug-likeness (QED) is 0.841. The van der Waals surface area contributed by atoms with Crippen LogP contribution in [0.4, 0.5) is 4.79 Å². The minimum atomic E-state index is -1.23. The lowest BCUT2D eigenvalue weighted by Crippen LogP contribution is -2.51. The Morgan fingerprint density at radius 3 is 3.05 bits per heavy atom. The minimum absolute atomic E-state index is 0.0699. The van der Waals surface area contributed by atoms with Crippen LogP contribution in [-0.4, -0.2) is 30.1 Å². The van der Waals surface area contributed by atoms with Gasteiger partial charge in [-0.1, -0.05) is 0 Å². The molecule has 1 aliphatic heterocycles. The van der Waals surface area contributed by atoms with Crippen LogP contribution in [0.1, 0.15) is 18.4 Å². The third-order valence-corrected chi connectivity index (χ3v) is 4.76. The first-order chi connectivity index (χ1) is 8.98. The van der Waals surface area contributed by atoms with Crippen molar-refractivity contribution in [2.45, 2.75) is 25.0 Å². The number of nitrogens with two attached hydrogens (primary N) is 1. The molecule has 1 aromatic heterocycles. The molecule has 0 radical (unpaired) electrons. The first kappa shape index (κ1) is 14.4. The number of aromatic nitrogens is 1. The number of amides is 1. The average Bonchev–Trinajstić information content (AvgIpc) is 2.78. The smallest absolute Gasteiger partial charge is 0.405 e. The summed E-state index contributed by atoms with van der Waals surface area (Å²) in [6, 6.07) is 0. The molecule has 0 bridgehead atoms. The van der Waals surface area contributed by atoms with Crippen LogP contribution in [0.15, 0.2) is 9.98 Å². The molecule has 0 aromatic carbocycles. The third-order valence-electron chi connectivity index (χ3n) is 3.05. The number of hydrogen-bond donors (Lipinski definition) is 1. The number of primary amides is 1. The summed E-state index contributed by atoms with van der Waals surface area (Å²) in [5, 5.41) is 2.25. The molecule has 0 aliphatic carbocycles. The van der Waals surface area contributed by atoms with Gasteiger partial charge in [0.15, 0.2) is 5.60 Å². The third kappa shape index (κ3) is 2.80. The minimum Gasteiger partial charge on any atom is -0.432 e. The second kappa shape index (κ2) is 5.56. The maximum Gasteiger partial charge on any atom is 0.405 e. The molecule has 2 heterocycles. The van der Waals surface area contributed by atoms with Crippen LogP contribution in [0.3, 0.4) is 0 Å². The van der Waals surface area contributed by atoms with Crippen LogP contribution >= 0.6 is 27.3 Å². The predicted molar refractivity (Wildman–Crippen MR) is 71.7 cm³/mol. The SMILES string of the molecule is C[C@H]1C[C@@H](C=O)[C@](OC(N)=O)(c2nc(Br)cs2)CO1. The molecular weight excluding hydrogens is 336 g/mol. The zero-order valence-electron chi connectivity index (χ0n) is 10.2. The molecule has 2 N–H and O–H groups in total. The molecule has 6 nitrogen and oxygen atoms in total. The molecule has 19 heavy (non-hydrogen) atoms. The van der Waals surface area contributed by atoms with E-state index >= 15 is 0 Å². The molecule has 1 aromatic rings. The molecule has 1 saturated heterocycles. The van der Waals surface area contributed by atoms with Crippen molar-refractivity contribution < 1.29 is 19.1 Å². The second-order valence-electron chi connectivity index (χ2n) is 4.39.